The topological polar surface area (TPSA) is 104 Å². The normalized spacial score (nSPS) is 20.2. The summed E-state index contributed by atoms with van der Waals surface area (Å²) < 4.78 is 5.50. The van der Waals surface area contributed by atoms with Crippen LogP contribution in [0.2, 0.25) is 5.15 Å². The van der Waals surface area contributed by atoms with Crippen molar-refractivity contribution in [2.24, 2.45) is 0 Å². The highest BCUT2D eigenvalue weighted by Crippen LogP contribution is 2.34. The number of methoxy groups -OCH3 is 1. The first kappa shape index (κ1) is 18.8. The van der Waals surface area contributed by atoms with Crippen LogP contribution in [0.4, 0.5) is 5.82 Å². The number of anilines is 1. The molecule has 146 valence electrons. The van der Waals surface area contributed by atoms with E-state index in [0.717, 1.165) is 10.9 Å². The van der Waals surface area contributed by atoms with Crippen LogP contribution < -0.4 is 9.64 Å². The number of rotatable bonds is 3. The summed E-state index contributed by atoms with van der Waals surface area (Å²) in [7, 11) is 1.58. The largest absolute Gasteiger partial charge is 0.494 e. The number of aliphatic hydroxyl groups excluding tert-OH is 2. The van der Waals surface area contributed by atoms with Gasteiger partial charge in [-0.25, -0.2) is 15.0 Å². The minimum absolute atomic E-state index is 0.354. The van der Waals surface area contributed by atoms with E-state index in [0.29, 0.717) is 54.0 Å². The van der Waals surface area contributed by atoms with Crippen molar-refractivity contribution in [1.29, 1.82) is 0 Å². The van der Waals surface area contributed by atoms with Crippen molar-refractivity contribution >= 4 is 28.3 Å². The third-order valence-electron chi connectivity index (χ3n) is 4.89. The maximum atomic E-state index is 10.0. The van der Waals surface area contributed by atoms with Crippen LogP contribution in [0.5, 0.6) is 5.75 Å². The van der Waals surface area contributed by atoms with E-state index in [9.17, 15) is 10.2 Å². The average molecular weight is 402 g/mol. The van der Waals surface area contributed by atoms with Crippen LogP contribution in [-0.4, -0.2) is 62.6 Å². The summed E-state index contributed by atoms with van der Waals surface area (Å²) in [4.78, 5) is 19.7. The number of fused-ring (bicyclic) bond motifs is 1. The first-order valence-corrected chi connectivity index (χ1v) is 9.37. The quantitative estimate of drug-likeness (QED) is 0.643. The van der Waals surface area contributed by atoms with Crippen LogP contribution in [0.1, 0.15) is 12.8 Å². The molecule has 1 fully saturated rings. The number of halogens is 1. The number of pyridine rings is 2. The van der Waals surface area contributed by atoms with Crippen molar-refractivity contribution in [2.75, 3.05) is 25.1 Å². The lowest BCUT2D eigenvalue weighted by Gasteiger charge is -2.24. The predicted octanol–water partition coefficient (Wildman–Crippen LogP) is 2.07. The molecule has 0 aliphatic carbocycles. The number of hydrogen-bond acceptors (Lipinski definition) is 8. The summed E-state index contributed by atoms with van der Waals surface area (Å²) in [5.41, 5.74) is 1.37. The number of aromatic nitrogens is 4. The molecule has 1 aliphatic heterocycles. The lowest BCUT2D eigenvalue weighted by Crippen LogP contribution is -2.26. The van der Waals surface area contributed by atoms with E-state index >= 15 is 0 Å². The van der Waals surface area contributed by atoms with Crippen molar-refractivity contribution in [1.82, 2.24) is 19.9 Å². The molecule has 4 rings (SSSR count). The Balaban J connectivity index is 1.89. The summed E-state index contributed by atoms with van der Waals surface area (Å²) in [6.45, 7) is 1.10. The Morgan fingerprint density at radius 3 is 2.57 bits per heavy atom. The van der Waals surface area contributed by atoms with Crippen LogP contribution >= 0.6 is 11.6 Å². The Labute approximate surface area is 166 Å². The molecule has 4 heterocycles. The van der Waals surface area contributed by atoms with E-state index in [1.165, 1.54) is 0 Å². The van der Waals surface area contributed by atoms with Crippen LogP contribution in [0, 0.1) is 0 Å². The van der Waals surface area contributed by atoms with Gasteiger partial charge in [0.1, 0.15) is 16.7 Å². The van der Waals surface area contributed by atoms with Crippen molar-refractivity contribution in [3.8, 4) is 17.1 Å². The van der Waals surface area contributed by atoms with Crippen LogP contribution in [-0.2, 0) is 0 Å². The van der Waals surface area contributed by atoms with Crippen molar-refractivity contribution in [3.63, 3.8) is 0 Å². The fourth-order valence-electron chi connectivity index (χ4n) is 3.37. The molecule has 0 unspecified atom stereocenters. The zero-order chi connectivity index (χ0) is 19.7. The molecule has 0 aromatic carbocycles. The highest BCUT2D eigenvalue weighted by molar-refractivity contribution is 6.29. The molecule has 1 saturated heterocycles. The van der Waals surface area contributed by atoms with Gasteiger partial charge >= 0.3 is 0 Å². The molecule has 3 aromatic heterocycles. The first-order chi connectivity index (χ1) is 13.6. The molecule has 28 heavy (non-hydrogen) atoms. The van der Waals surface area contributed by atoms with Gasteiger partial charge in [0.05, 0.1) is 42.6 Å². The van der Waals surface area contributed by atoms with Crippen molar-refractivity contribution in [3.05, 3.63) is 35.9 Å². The Morgan fingerprint density at radius 1 is 1.14 bits per heavy atom. The van der Waals surface area contributed by atoms with E-state index in [2.05, 4.69) is 15.0 Å². The van der Waals surface area contributed by atoms with E-state index in [-0.39, 0.29) is 0 Å². The molecule has 8 nitrogen and oxygen atoms in total. The van der Waals surface area contributed by atoms with E-state index in [1.807, 2.05) is 4.90 Å². The third-order valence-corrected chi connectivity index (χ3v) is 5.10. The molecule has 0 radical (unpaired) electrons. The first-order valence-electron chi connectivity index (χ1n) is 8.99. The Hall–Kier alpha value is -2.55. The Morgan fingerprint density at radius 2 is 1.89 bits per heavy atom. The van der Waals surface area contributed by atoms with Gasteiger partial charge in [0, 0.05) is 24.8 Å². The summed E-state index contributed by atoms with van der Waals surface area (Å²) in [6, 6.07) is 3.50. The Kier molecular flexibility index (Phi) is 5.25. The van der Waals surface area contributed by atoms with E-state index in [4.69, 9.17) is 21.3 Å². The molecule has 2 atom stereocenters. The molecular formula is C19H20ClN5O3. The molecule has 2 N–H and O–H groups in total. The standard InChI is InChI=1S/C19H20ClN5O3/c1-28-15-10-21-9-12-17(15)19(25-6-3-13(26)14(27)4-7-25)24-18(23-12)11-2-5-22-16(20)8-11/h2,5,8-10,13-14,26-27H,3-4,6-7H2,1H3/t13-,14+. The van der Waals surface area contributed by atoms with Gasteiger partial charge in [-0.05, 0) is 25.0 Å². The number of ether oxygens (including phenoxy) is 1. The van der Waals surface area contributed by atoms with Crippen LogP contribution in [0.25, 0.3) is 22.3 Å². The Bertz CT molecular complexity index is 990. The summed E-state index contributed by atoms with van der Waals surface area (Å²) in [6.07, 6.45) is 4.27. The summed E-state index contributed by atoms with van der Waals surface area (Å²) in [5, 5.41) is 21.2. The SMILES string of the molecule is COc1cncc2nc(-c3ccnc(Cl)c3)nc(N3CC[C@@H](O)[C@@H](O)CC3)c12. The van der Waals surface area contributed by atoms with Gasteiger partial charge in [0.2, 0.25) is 0 Å². The minimum Gasteiger partial charge on any atom is -0.494 e. The van der Waals surface area contributed by atoms with Gasteiger partial charge in [-0.1, -0.05) is 11.6 Å². The molecule has 3 aromatic rings. The molecule has 9 heteroatoms. The fourth-order valence-corrected chi connectivity index (χ4v) is 3.55. The van der Waals surface area contributed by atoms with Gasteiger partial charge in [-0.2, -0.15) is 0 Å². The van der Waals surface area contributed by atoms with E-state index < -0.39 is 12.2 Å². The minimum atomic E-state index is -0.750. The molecule has 0 amide bonds. The van der Waals surface area contributed by atoms with Gasteiger partial charge in [0.25, 0.3) is 0 Å². The smallest absolute Gasteiger partial charge is 0.162 e. The molecule has 0 saturated carbocycles. The second-order valence-corrected chi connectivity index (χ2v) is 7.06. The number of hydrogen-bond donors (Lipinski definition) is 2. The van der Waals surface area contributed by atoms with Gasteiger partial charge in [-0.15, -0.1) is 0 Å². The highest BCUT2D eigenvalue weighted by atomic mass is 35.5. The molecule has 1 aliphatic rings. The second kappa shape index (κ2) is 7.83. The average Bonchev–Trinajstić information content (AvgIpc) is 2.88. The van der Waals surface area contributed by atoms with E-state index in [1.54, 1.807) is 37.8 Å². The van der Waals surface area contributed by atoms with Crippen LogP contribution in [0.15, 0.2) is 30.7 Å². The predicted molar refractivity (Wildman–Crippen MR) is 106 cm³/mol. The van der Waals surface area contributed by atoms with Crippen molar-refractivity contribution < 1.29 is 14.9 Å². The molecular weight excluding hydrogens is 382 g/mol. The molecule has 0 bridgehead atoms. The van der Waals surface area contributed by atoms with Gasteiger partial charge in [0.15, 0.2) is 5.82 Å². The number of aliphatic hydroxyl groups is 2. The van der Waals surface area contributed by atoms with Crippen molar-refractivity contribution in [2.45, 2.75) is 25.0 Å². The second-order valence-electron chi connectivity index (χ2n) is 6.67. The zero-order valence-electron chi connectivity index (χ0n) is 15.3. The van der Waals surface area contributed by atoms with Gasteiger partial charge in [-0.3, -0.25) is 4.98 Å². The maximum absolute atomic E-state index is 10.0. The maximum Gasteiger partial charge on any atom is 0.162 e. The van der Waals surface area contributed by atoms with Gasteiger partial charge < -0.3 is 19.8 Å². The summed E-state index contributed by atoms with van der Waals surface area (Å²) in [5.74, 6) is 1.73. The highest BCUT2D eigenvalue weighted by Gasteiger charge is 2.26. The zero-order valence-corrected chi connectivity index (χ0v) is 16.0. The molecule has 0 spiro atoms. The lowest BCUT2D eigenvalue weighted by molar-refractivity contribution is 0.0187. The fraction of sp³-hybridized carbons (Fsp3) is 0.368. The lowest BCUT2D eigenvalue weighted by atomic mass is 10.1. The third kappa shape index (κ3) is 3.58. The summed E-state index contributed by atoms with van der Waals surface area (Å²) >= 11 is 6.04. The number of nitrogens with zero attached hydrogens (tertiary/aromatic N) is 5. The van der Waals surface area contributed by atoms with Crippen LogP contribution in [0.3, 0.4) is 0 Å². The monoisotopic (exact) mass is 401 g/mol.